The van der Waals surface area contributed by atoms with E-state index in [1.54, 1.807) is 42.5 Å². The van der Waals surface area contributed by atoms with Gasteiger partial charge in [0.25, 0.3) is 0 Å². The highest BCUT2D eigenvalue weighted by molar-refractivity contribution is 6.07. The molecule has 0 aliphatic heterocycles. The first kappa shape index (κ1) is 21.0. The van der Waals surface area contributed by atoms with E-state index < -0.39 is 0 Å². The van der Waals surface area contributed by atoms with Gasteiger partial charge in [0.15, 0.2) is 5.78 Å². The summed E-state index contributed by atoms with van der Waals surface area (Å²) in [6.07, 6.45) is 7.54. The van der Waals surface area contributed by atoms with Gasteiger partial charge in [-0.05, 0) is 80.3 Å². The van der Waals surface area contributed by atoms with Crippen molar-refractivity contribution in [2.45, 2.75) is 32.8 Å². The number of ketones is 1. The van der Waals surface area contributed by atoms with E-state index in [0.29, 0.717) is 35.4 Å². The quantitative estimate of drug-likeness (QED) is 0.275. The van der Waals surface area contributed by atoms with Crippen LogP contribution in [-0.4, -0.2) is 17.0 Å². The molecule has 0 unspecified atom stereocenters. The summed E-state index contributed by atoms with van der Waals surface area (Å²) < 4.78 is 5.98. The van der Waals surface area contributed by atoms with Gasteiger partial charge < -0.3 is 15.6 Å². The Morgan fingerprint density at radius 3 is 2.32 bits per heavy atom. The summed E-state index contributed by atoms with van der Waals surface area (Å²) >= 11 is 0. The zero-order valence-electron chi connectivity index (χ0n) is 16.4. The Morgan fingerprint density at radius 2 is 1.75 bits per heavy atom. The molecule has 0 aliphatic rings. The predicted octanol–water partition coefficient (Wildman–Crippen LogP) is 5.11. The third-order valence-electron chi connectivity index (χ3n) is 4.12. The van der Waals surface area contributed by atoms with Crippen LogP contribution in [0, 0.1) is 0 Å². The van der Waals surface area contributed by atoms with Crippen molar-refractivity contribution < 1.29 is 14.6 Å². The van der Waals surface area contributed by atoms with Gasteiger partial charge in [0.1, 0.15) is 11.5 Å². The highest BCUT2D eigenvalue weighted by Gasteiger charge is 2.18. The molecule has 2 aromatic rings. The number of nitrogen functional groups attached to an aromatic ring is 1. The molecule has 2 aromatic carbocycles. The predicted molar refractivity (Wildman–Crippen MR) is 116 cm³/mol. The van der Waals surface area contributed by atoms with Crippen LogP contribution in [0.3, 0.4) is 0 Å². The van der Waals surface area contributed by atoms with Crippen molar-refractivity contribution in [3.8, 4) is 11.5 Å². The molecule has 0 atom stereocenters. The molecule has 3 N–H and O–H groups in total. The van der Waals surface area contributed by atoms with E-state index in [4.69, 9.17) is 10.5 Å². The molecular weight excluding hydrogens is 350 g/mol. The molecule has 4 heteroatoms. The van der Waals surface area contributed by atoms with E-state index in [0.717, 1.165) is 11.1 Å². The van der Waals surface area contributed by atoms with Gasteiger partial charge >= 0.3 is 0 Å². The number of aromatic hydroxyl groups is 1. The fraction of sp³-hybridized carbons (Fsp3) is 0.208. The molecule has 0 heterocycles. The molecule has 4 nitrogen and oxygen atoms in total. The summed E-state index contributed by atoms with van der Waals surface area (Å²) in [6.45, 7) is 11.4. The van der Waals surface area contributed by atoms with E-state index in [1.165, 1.54) is 6.08 Å². The van der Waals surface area contributed by atoms with Gasteiger partial charge in [-0.25, -0.2) is 0 Å². The molecule has 2 rings (SSSR count). The summed E-state index contributed by atoms with van der Waals surface area (Å²) in [5, 5.41) is 10.8. The molecule has 28 heavy (non-hydrogen) atoms. The number of carbonyl (C=O) groups excluding carboxylic acids is 1. The second-order valence-corrected chi connectivity index (χ2v) is 6.76. The van der Waals surface area contributed by atoms with Gasteiger partial charge in [-0.15, -0.1) is 13.2 Å². The topological polar surface area (TPSA) is 72.5 Å². The number of nitrogens with two attached hydrogens (primary N) is 1. The van der Waals surface area contributed by atoms with Crippen LogP contribution < -0.4 is 10.5 Å². The maximum Gasteiger partial charge on any atom is 0.185 e. The molecular formula is C24H27NO3. The molecule has 0 bridgehead atoms. The maximum absolute atomic E-state index is 12.5. The van der Waals surface area contributed by atoms with E-state index in [9.17, 15) is 9.90 Å². The van der Waals surface area contributed by atoms with E-state index >= 15 is 0 Å². The minimum absolute atomic E-state index is 0.0877. The highest BCUT2D eigenvalue weighted by atomic mass is 16.5. The van der Waals surface area contributed by atoms with Crippen LogP contribution in [0.15, 0.2) is 61.7 Å². The summed E-state index contributed by atoms with van der Waals surface area (Å²) in [5.41, 5.74) is 8.89. The van der Waals surface area contributed by atoms with Crippen molar-refractivity contribution in [1.82, 2.24) is 0 Å². The number of hydrogen-bond donors (Lipinski definition) is 2. The van der Waals surface area contributed by atoms with Crippen LogP contribution in [0.4, 0.5) is 5.69 Å². The molecule has 0 amide bonds. The zero-order valence-corrected chi connectivity index (χ0v) is 16.4. The van der Waals surface area contributed by atoms with Gasteiger partial charge in [0.05, 0.1) is 11.7 Å². The Morgan fingerprint density at radius 1 is 1.14 bits per heavy atom. The van der Waals surface area contributed by atoms with Crippen LogP contribution in [-0.2, 0) is 12.8 Å². The molecule has 0 saturated carbocycles. The monoisotopic (exact) mass is 377 g/mol. The number of phenolic OH excluding ortho intramolecular Hbond substituents is 1. The van der Waals surface area contributed by atoms with Crippen LogP contribution in [0.5, 0.6) is 11.5 Å². The average Bonchev–Trinajstić information content (AvgIpc) is 2.65. The number of benzene rings is 2. The van der Waals surface area contributed by atoms with Crippen molar-refractivity contribution in [1.29, 1.82) is 0 Å². The van der Waals surface area contributed by atoms with Gasteiger partial charge in [0, 0.05) is 11.3 Å². The first-order valence-electron chi connectivity index (χ1n) is 9.21. The van der Waals surface area contributed by atoms with Crippen molar-refractivity contribution in [3.05, 3.63) is 84.0 Å². The SMILES string of the molecule is C=CCc1cc(CC=C)c(OC(C)C)c(C=CC(=O)c2ccc(N)cc2)c1O. The molecule has 0 saturated heterocycles. The number of phenols is 1. The van der Waals surface area contributed by atoms with Crippen molar-refractivity contribution in [2.24, 2.45) is 0 Å². The minimum atomic E-state index is -0.186. The second-order valence-electron chi connectivity index (χ2n) is 6.76. The van der Waals surface area contributed by atoms with Crippen LogP contribution in [0.2, 0.25) is 0 Å². The molecule has 0 spiro atoms. The van der Waals surface area contributed by atoms with Crippen LogP contribution >= 0.6 is 0 Å². The minimum Gasteiger partial charge on any atom is -0.507 e. The molecule has 0 fully saturated rings. The van der Waals surface area contributed by atoms with Crippen LogP contribution in [0.1, 0.15) is 40.9 Å². The van der Waals surface area contributed by atoms with E-state index in [-0.39, 0.29) is 17.6 Å². The van der Waals surface area contributed by atoms with Crippen molar-refractivity contribution in [3.63, 3.8) is 0 Å². The average molecular weight is 377 g/mol. The van der Waals surface area contributed by atoms with Gasteiger partial charge in [-0.1, -0.05) is 12.2 Å². The van der Waals surface area contributed by atoms with Gasteiger partial charge in [-0.2, -0.15) is 0 Å². The molecule has 0 aliphatic carbocycles. The summed E-state index contributed by atoms with van der Waals surface area (Å²) in [4.78, 5) is 12.5. The molecule has 0 aromatic heterocycles. The summed E-state index contributed by atoms with van der Waals surface area (Å²) in [5.74, 6) is 0.459. The molecule has 146 valence electrons. The Bertz CT molecular complexity index is 893. The maximum atomic E-state index is 12.5. The fourth-order valence-electron chi connectivity index (χ4n) is 2.85. The number of hydrogen-bond acceptors (Lipinski definition) is 4. The van der Waals surface area contributed by atoms with Gasteiger partial charge in [-0.3, -0.25) is 4.79 Å². The molecule has 0 radical (unpaired) electrons. The summed E-state index contributed by atoms with van der Waals surface area (Å²) in [7, 11) is 0. The lowest BCUT2D eigenvalue weighted by Crippen LogP contribution is -2.10. The third-order valence-corrected chi connectivity index (χ3v) is 4.12. The Labute approximate surface area is 166 Å². The smallest absolute Gasteiger partial charge is 0.185 e. The lowest BCUT2D eigenvalue weighted by molar-refractivity contribution is 0.104. The van der Waals surface area contributed by atoms with E-state index in [1.807, 2.05) is 19.9 Å². The third kappa shape index (κ3) is 5.13. The number of allylic oxidation sites excluding steroid dienone is 3. The largest absolute Gasteiger partial charge is 0.507 e. The fourth-order valence-corrected chi connectivity index (χ4v) is 2.85. The first-order chi connectivity index (χ1) is 13.4. The first-order valence-corrected chi connectivity index (χ1v) is 9.21. The number of anilines is 1. The normalized spacial score (nSPS) is 11.0. The number of rotatable bonds is 9. The Kier molecular flexibility index (Phi) is 7.21. The van der Waals surface area contributed by atoms with Gasteiger partial charge in [0.2, 0.25) is 0 Å². The summed E-state index contributed by atoms with van der Waals surface area (Å²) in [6, 6.07) is 8.60. The second kappa shape index (κ2) is 9.60. The van der Waals surface area contributed by atoms with E-state index in [2.05, 4.69) is 13.2 Å². The number of carbonyl (C=O) groups is 1. The Hall–Kier alpha value is -3.27. The number of ether oxygens (including phenoxy) is 1. The highest BCUT2D eigenvalue weighted by Crippen LogP contribution is 2.38. The van der Waals surface area contributed by atoms with Crippen LogP contribution in [0.25, 0.3) is 6.08 Å². The Balaban J connectivity index is 2.54. The van der Waals surface area contributed by atoms with Crippen molar-refractivity contribution >= 4 is 17.5 Å². The standard InChI is InChI=1S/C24H27NO3/c1-5-7-18-15-19(8-6-2)24(28-16(3)4)21(23(18)27)13-14-22(26)17-9-11-20(25)12-10-17/h5-6,9-16,27H,1-2,7-8,25H2,3-4H3. The lowest BCUT2D eigenvalue weighted by Gasteiger charge is -2.19. The van der Waals surface area contributed by atoms with Crippen molar-refractivity contribution in [2.75, 3.05) is 5.73 Å². The lowest BCUT2D eigenvalue weighted by atomic mass is 9.97. The zero-order chi connectivity index (χ0) is 20.7.